The minimum Gasteiger partial charge on any atom is -0.0591 e. The Labute approximate surface area is 295 Å². The van der Waals surface area contributed by atoms with Crippen molar-refractivity contribution in [2.24, 2.45) is 46.3 Å². The Morgan fingerprint density at radius 2 is 1.65 bits per heavy atom. The van der Waals surface area contributed by atoms with E-state index in [9.17, 15) is 15.3 Å². The monoisotopic (exact) mass is 724 g/mol. The van der Waals surface area contributed by atoms with E-state index in [1.165, 1.54) is 81.1 Å². The molecular formula is C39H69AsO5S. The third-order valence-corrected chi connectivity index (χ3v) is 16.0. The molecular weight excluding hydrogens is 655 g/mol. The van der Waals surface area contributed by atoms with E-state index in [0.29, 0.717) is 16.9 Å². The van der Waals surface area contributed by atoms with E-state index in [1.807, 2.05) is 0 Å². The molecule has 266 valence electrons. The molecule has 1 heterocycles. The zero-order valence-corrected chi connectivity index (χ0v) is 33.1. The predicted octanol–water partition coefficient (Wildman–Crippen LogP) is 7.52. The van der Waals surface area contributed by atoms with Crippen LogP contribution in [0.1, 0.15) is 137 Å². The number of thiol groups is 1. The molecule has 3 saturated carbocycles. The SMILES string of the molecule is CC(C)CCC[C@@H](C)[C@H]1CCC2C3CC=C4C[C@H](OCCCCCCC([AsH2])[C@H]5O[C@@H](S)[C@H](O)[C@@H](O)[C@H]5O)CC[C@]4(C)C3CC[C@@]21C. The fourth-order valence-electron chi connectivity index (χ4n) is 11.3. The van der Waals surface area contributed by atoms with Gasteiger partial charge in [0, 0.05) is 0 Å². The summed E-state index contributed by atoms with van der Waals surface area (Å²) >= 11 is 5.76. The van der Waals surface area contributed by atoms with Crippen LogP contribution in [0.4, 0.5) is 0 Å². The van der Waals surface area contributed by atoms with Crippen LogP contribution in [-0.2, 0) is 9.47 Å². The third kappa shape index (κ3) is 7.99. The second kappa shape index (κ2) is 16.2. The Balaban J connectivity index is 1.03. The van der Waals surface area contributed by atoms with Crippen LogP contribution >= 0.6 is 12.6 Å². The topological polar surface area (TPSA) is 79.2 Å². The number of hydrogen-bond donors (Lipinski definition) is 4. The first-order valence-electron chi connectivity index (χ1n) is 19.3. The maximum absolute atomic E-state index is 10.4. The van der Waals surface area contributed by atoms with Crippen LogP contribution in [0.15, 0.2) is 11.6 Å². The molecule has 1 aliphatic heterocycles. The molecule has 0 bridgehead atoms. The first-order valence-corrected chi connectivity index (χ1v) is 21.2. The van der Waals surface area contributed by atoms with Crippen LogP contribution in [0.25, 0.3) is 0 Å². The molecule has 0 spiro atoms. The van der Waals surface area contributed by atoms with E-state index in [4.69, 9.17) is 9.47 Å². The zero-order chi connectivity index (χ0) is 33.2. The van der Waals surface area contributed by atoms with Gasteiger partial charge < -0.3 is 0 Å². The van der Waals surface area contributed by atoms with Crippen LogP contribution in [0, 0.1) is 46.3 Å². The summed E-state index contributed by atoms with van der Waals surface area (Å²) < 4.78 is 12.4. The molecule has 4 fully saturated rings. The number of rotatable bonds is 14. The van der Waals surface area contributed by atoms with Gasteiger partial charge in [0.1, 0.15) is 0 Å². The predicted molar refractivity (Wildman–Crippen MR) is 194 cm³/mol. The van der Waals surface area contributed by atoms with Gasteiger partial charge in [0.2, 0.25) is 0 Å². The van der Waals surface area contributed by atoms with Crippen LogP contribution in [-0.4, -0.2) is 74.7 Å². The van der Waals surface area contributed by atoms with Gasteiger partial charge in [-0.15, -0.1) is 0 Å². The van der Waals surface area contributed by atoms with E-state index >= 15 is 0 Å². The number of fused-ring (bicyclic) bond motifs is 5. The smallest absolute Gasteiger partial charge is 0.0591 e. The van der Waals surface area contributed by atoms with Crippen molar-refractivity contribution in [1.29, 1.82) is 0 Å². The molecule has 1 saturated heterocycles. The second-order valence-electron chi connectivity index (χ2n) is 17.4. The van der Waals surface area contributed by atoms with E-state index in [1.54, 1.807) is 5.57 Å². The molecule has 0 aromatic carbocycles. The Morgan fingerprint density at radius 3 is 2.41 bits per heavy atom. The first kappa shape index (κ1) is 37.7. The summed E-state index contributed by atoms with van der Waals surface area (Å²) in [7, 11) is 0. The minimum absolute atomic E-state index is 0.159. The standard InChI is InChI=1S/C39H69AsO5S/c1-24(2)11-10-12-25(3)29-16-17-30-28-15-14-26-23-27(18-20-38(26,4)31(28)19-21-39(29,30)5)44-22-9-7-6-8-13-32(40)36-34(42)33(41)35(43)37(46)45-36/h14,24-25,27-37,41-43,46H,6-13,15-23,40H2,1-5H3/t25-,27-,28?,29-,30?,31?,32?,33+,34-,35-,36-,37+,38+,39-/m1/s1. The van der Waals surface area contributed by atoms with Crippen molar-refractivity contribution >= 4 is 29.5 Å². The molecule has 5 rings (SSSR count). The van der Waals surface area contributed by atoms with Gasteiger partial charge in [0.15, 0.2) is 0 Å². The minimum atomic E-state index is -1.20. The molecule has 4 aliphatic carbocycles. The van der Waals surface area contributed by atoms with Crippen LogP contribution in [0.3, 0.4) is 0 Å². The summed E-state index contributed by atoms with van der Waals surface area (Å²) in [6.07, 6.45) is 19.7. The molecule has 5 unspecified atom stereocenters. The Morgan fingerprint density at radius 1 is 0.891 bits per heavy atom. The van der Waals surface area contributed by atoms with Gasteiger partial charge >= 0.3 is 170 Å². The van der Waals surface area contributed by atoms with Crippen LogP contribution in [0.2, 0.25) is 4.71 Å². The Bertz CT molecular complexity index is 1010. The molecule has 3 N–H and O–H groups in total. The van der Waals surface area contributed by atoms with Crippen molar-refractivity contribution in [3.63, 3.8) is 0 Å². The van der Waals surface area contributed by atoms with Crippen LogP contribution in [0.5, 0.6) is 0 Å². The summed E-state index contributed by atoms with van der Waals surface area (Å²) in [4.78, 5) is 0. The fourth-order valence-corrected chi connectivity index (χ4v) is 12.8. The molecule has 46 heavy (non-hydrogen) atoms. The van der Waals surface area contributed by atoms with Crippen molar-refractivity contribution in [1.82, 2.24) is 0 Å². The number of allylic oxidation sites excluding steroid dienone is 1. The van der Waals surface area contributed by atoms with Gasteiger partial charge in [-0.05, 0) is 73.0 Å². The van der Waals surface area contributed by atoms with Crippen molar-refractivity contribution in [2.75, 3.05) is 6.61 Å². The molecule has 15 atom stereocenters. The van der Waals surface area contributed by atoms with Crippen molar-refractivity contribution < 1.29 is 24.8 Å². The summed E-state index contributed by atoms with van der Waals surface area (Å²) in [5, 5.41) is 30.4. The quantitative estimate of drug-likeness (QED) is 0.0646. The van der Waals surface area contributed by atoms with Gasteiger partial charge in [-0.1, -0.05) is 53.9 Å². The fraction of sp³-hybridized carbons (Fsp3) is 0.949. The number of hydrogen-bond acceptors (Lipinski definition) is 6. The molecule has 0 aromatic rings. The first-order chi connectivity index (χ1) is 21.9. The van der Waals surface area contributed by atoms with Crippen LogP contribution < -0.4 is 0 Å². The molecule has 0 radical (unpaired) electrons. The van der Waals surface area contributed by atoms with Gasteiger partial charge in [0.05, 0.1) is 0 Å². The Hall–Kier alpha value is 0.448. The average molecular weight is 725 g/mol. The summed E-state index contributed by atoms with van der Waals surface area (Å²) in [6.45, 7) is 13.5. The van der Waals surface area contributed by atoms with Gasteiger partial charge in [0.25, 0.3) is 0 Å². The van der Waals surface area contributed by atoms with Crippen molar-refractivity contribution in [3.05, 3.63) is 11.6 Å². The second-order valence-corrected chi connectivity index (χ2v) is 19.7. The molecule has 0 amide bonds. The van der Waals surface area contributed by atoms with E-state index in [2.05, 4.69) is 53.3 Å². The zero-order valence-electron chi connectivity index (χ0n) is 29.8. The summed E-state index contributed by atoms with van der Waals surface area (Å²) in [5.41, 5.74) is 1.93. The normalized spacial score (nSPS) is 43.8. The molecule has 0 aromatic heterocycles. The van der Waals surface area contributed by atoms with Crippen molar-refractivity contribution in [3.8, 4) is 0 Å². The number of ether oxygens (including phenoxy) is 2. The average Bonchev–Trinajstić information content (AvgIpc) is 3.38. The Kier molecular flexibility index (Phi) is 13.3. The van der Waals surface area contributed by atoms with Gasteiger partial charge in [-0.2, -0.15) is 0 Å². The summed E-state index contributed by atoms with van der Waals surface area (Å²) in [6, 6.07) is 0. The van der Waals surface area contributed by atoms with E-state index in [-0.39, 0.29) is 4.71 Å². The molecule has 7 heteroatoms. The number of aliphatic hydroxyl groups excluding tert-OH is 3. The van der Waals surface area contributed by atoms with E-state index in [0.717, 1.165) is 80.6 Å². The molecule has 5 nitrogen and oxygen atoms in total. The van der Waals surface area contributed by atoms with Gasteiger partial charge in [-0.3, -0.25) is 0 Å². The number of aliphatic hydroxyl groups is 3. The van der Waals surface area contributed by atoms with Crippen molar-refractivity contribution in [2.45, 2.75) is 178 Å². The maximum atomic E-state index is 10.4. The van der Waals surface area contributed by atoms with Gasteiger partial charge in [-0.25, -0.2) is 0 Å². The molecule has 5 aliphatic rings. The third-order valence-electron chi connectivity index (χ3n) is 14.1. The van der Waals surface area contributed by atoms with E-state index < -0.39 is 29.9 Å². The summed E-state index contributed by atoms with van der Waals surface area (Å²) in [5.74, 6) is 5.34. The number of unbranched alkanes of at least 4 members (excludes halogenated alkanes) is 3.